The molecular formula is C45H61N14O19P3S3. The molecule has 458 valence electrons. The summed E-state index contributed by atoms with van der Waals surface area (Å²) in [6, 6.07) is 0. The number of methoxy groups -OCH3 is 1. The lowest BCUT2D eigenvalue weighted by molar-refractivity contribution is -0.217. The minimum absolute atomic E-state index is 0.0659. The van der Waals surface area contributed by atoms with Gasteiger partial charge in [-0.1, -0.05) is 25.6 Å². The Morgan fingerprint density at radius 1 is 0.798 bits per heavy atom. The van der Waals surface area contributed by atoms with E-state index < -0.39 is 154 Å². The number of imidazole rings is 2. The smallest absolute Gasteiger partial charge is 0.382 e. The number of aromatic nitrogens is 10. The summed E-state index contributed by atoms with van der Waals surface area (Å²) in [6.45, 7) is -7.98. The third-order valence-electron chi connectivity index (χ3n) is 15.3. The molecule has 5 saturated heterocycles. The predicted molar refractivity (Wildman–Crippen MR) is 304 cm³/mol. The van der Waals surface area contributed by atoms with E-state index in [4.69, 9.17) is 90.6 Å². The zero-order valence-electron chi connectivity index (χ0n) is 45.3. The standard InChI is InChI=1S/C45H61N14O19P3S3/c1-6-7-23-24(8-30(72-23)58-18-52-32-36(46)48-16-50-38(32)58)76-79(64,82)68-13-27-25(9-29(73-27)56-11-20(2)40(60)54-43(56)62)77-80(65,83)69-14-28-26(10-31(74-28)59-19-53-33-37(47)49-17-51-39(33)59)78-81(66,84)70-15-45-22(4)71-34(35(45)67-5)42(75-45)57-12-21(3)41(61)55-44(57)63/h11-12,16-19,22-31,34-36,42H,6-10,13-15,46H2,1-5H3,(H,48,50)(H,64,82)(H,65,83)(H,66,84)(H2,47,49,51)(H,54,60,62)(H,55,61,63)/t22-,23+,24+,25+,26+,27+,28+,29+,30+,31+,34?,35+,36?,42+,45-,79?,80?,81?/m0/s1. The van der Waals surface area contributed by atoms with Crippen molar-refractivity contribution in [3.63, 3.8) is 0 Å². The molecule has 39 heteroatoms. The Morgan fingerprint density at radius 3 is 2.06 bits per heavy atom. The van der Waals surface area contributed by atoms with Gasteiger partial charge in [0.25, 0.3) is 11.1 Å². The van der Waals surface area contributed by atoms with E-state index in [9.17, 15) is 33.5 Å². The zero-order valence-corrected chi connectivity index (χ0v) is 50.5. The first kappa shape index (κ1) is 61.3. The first-order valence-electron chi connectivity index (χ1n) is 26.3. The number of H-pyrrole nitrogens is 2. The van der Waals surface area contributed by atoms with E-state index in [-0.39, 0.29) is 47.4 Å². The number of fused-ring (bicyclic) bond motifs is 4. The van der Waals surface area contributed by atoms with E-state index in [2.05, 4.69) is 52.5 Å². The number of nitrogens with two attached hydrogens (primary N) is 2. The molecule has 2 bridgehead atoms. The Balaban J connectivity index is 0.796. The van der Waals surface area contributed by atoms with Gasteiger partial charge in [0, 0.05) is 49.9 Å². The highest BCUT2D eigenvalue weighted by Gasteiger charge is 2.67. The summed E-state index contributed by atoms with van der Waals surface area (Å²) in [4.78, 5) is 100. The molecule has 5 fully saturated rings. The Hall–Kier alpha value is -4.33. The highest BCUT2D eigenvalue weighted by molar-refractivity contribution is 8.44. The second-order valence-corrected chi connectivity index (χ2v) is 29.2. The predicted octanol–water partition coefficient (Wildman–Crippen LogP) is 1.84. The summed E-state index contributed by atoms with van der Waals surface area (Å²) < 4.78 is 94.1. The Morgan fingerprint density at radius 2 is 1.38 bits per heavy atom. The van der Waals surface area contributed by atoms with Gasteiger partial charge in [-0.05, 0) is 50.8 Å². The van der Waals surface area contributed by atoms with E-state index in [0.717, 1.165) is 4.57 Å². The number of nitrogens with zero attached hydrogens (tertiary/aromatic N) is 9. The van der Waals surface area contributed by atoms with Gasteiger partial charge in [-0.25, -0.2) is 34.1 Å². The van der Waals surface area contributed by atoms with Crippen molar-refractivity contribution in [2.75, 3.05) is 38.0 Å². The molecule has 9 N–H and O–H groups in total. The fourth-order valence-corrected chi connectivity index (χ4v) is 15.6. The van der Waals surface area contributed by atoms with Gasteiger partial charge in [-0.3, -0.25) is 51.9 Å². The fourth-order valence-electron chi connectivity index (χ4n) is 11.2. The van der Waals surface area contributed by atoms with E-state index in [1.54, 1.807) is 22.4 Å². The van der Waals surface area contributed by atoms with Crippen LogP contribution in [0.1, 0.15) is 93.8 Å². The number of ether oxygens (including phenoxy) is 6. The average molecular weight is 1290 g/mol. The first-order valence-corrected chi connectivity index (χ1v) is 34.2. The minimum atomic E-state index is -4.56. The lowest BCUT2D eigenvalue weighted by Gasteiger charge is -2.37. The number of aliphatic imine (C=N–C) groups is 1. The van der Waals surface area contributed by atoms with Crippen LogP contribution in [0.25, 0.3) is 11.2 Å². The molecule has 11 heterocycles. The summed E-state index contributed by atoms with van der Waals surface area (Å²) in [6.07, 6.45) is -3.56. The zero-order chi connectivity index (χ0) is 59.8. The average Bonchev–Trinajstić information content (AvgIpc) is 1.67. The third kappa shape index (κ3) is 12.2. The molecule has 0 radical (unpaired) electrons. The number of rotatable bonds is 22. The summed E-state index contributed by atoms with van der Waals surface area (Å²) in [5, 5.41) is 3.06. The molecule has 0 saturated carbocycles. The first-order chi connectivity index (χ1) is 39.9. The van der Waals surface area contributed by atoms with E-state index in [0.29, 0.717) is 24.4 Å². The largest absolute Gasteiger partial charge is 0.386 e. The summed E-state index contributed by atoms with van der Waals surface area (Å²) >= 11 is 15.5. The molecule has 0 spiro atoms. The number of anilines is 2. The molecule has 0 aliphatic carbocycles. The number of aromatic amines is 2. The second-order valence-electron chi connectivity index (χ2n) is 20.7. The normalized spacial score (nSPS) is 33.1. The van der Waals surface area contributed by atoms with Crippen LogP contribution in [0, 0.1) is 13.8 Å². The molecule has 33 nitrogen and oxygen atoms in total. The molecule has 5 aromatic heterocycles. The van der Waals surface area contributed by atoms with Crippen LogP contribution in [0.2, 0.25) is 0 Å². The van der Waals surface area contributed by atoms with Crippen LogP contribution < -0.4 is 39.3 Å². The topological polar surface area (TPSA) is 416 Å². The van der Waals surface area contributed by atoms with Crippen molar-refractivity contribution >= 4 is 85.2 Å². The van der Waals surface area contributed by atoms with Gasteiger partial charge >= 0.3 is 31.6 Å². The van der Waals surface area contributed by atoms with E-state index >= 15 is 0 Å². The fraction of sp³-hybridized carbons (Fsp3) is 0.622. The lowest BCUT2D eigenvalue weighted by atomic mass is 9.94. The monoisotopic (exact) mass is 1290 g/mol. The van der Waals surface area contributed by atoms with Crippen LogP contribution >= 0.6 is 32.5 Å². The van der Waals surface area contributed by atoms with Gasteiger partial charge in [0.05, 0.1) is 63.2 Å². The second kappa shape index (κ2) is 24.0. The highest BCUT2D eigenvalue weighted by Crippen LogP contribution is 2.59. The molecule has 5 aromatic rings. The number of hydrogen-bond acceptors (Lipinski definition) is 27. The Labute approximate surface area is 491 Å². The summed E-state index contributed by atoms with van der Waals surface area (Å²) in [5.41, 5.74) is 9.47. The summed E-state index contributed by atoms with van der Waals surface area (Å²) in [5.74, 6) is 0.680. The van der Waals surface area contributed by atoms with Gasteiger partial charge in [0.15, 0.2) is 17.7 Å². The molecule has 84 heavy (non-hydrogen) atoms. The quantitative estimate of drug-likeness (QED) is 0.0362. The van der Waals surface area contributed by atoms with Crippen LogP contribution in [-0.4, -0.2) is 152 Å². The maximum Gasteiger partial charge on any atom is 0.386 e. The van der Waals surface area contributed by atoms with Crippen molar-refractivity contribution in [3.8, 4) is 0 Å². The van der Waals surface area contributed by atoms with Crippen LogP contribution in [0.15, 0.2) is 55.5 Å². The van der Waals surface area contributed by atoms with Crippen LogP contribution in [0.5, 0.6) is 0 Å². The minimum Gasteiger partial charge on any atom is -0.382 e. The Bertz CT molecular complexity index is 3740. The van der Waals surface area contributed by atoms with Crippen molar-refractivity contribution in [1.82, 2.24) is 48.2 Å². The third-order valence-corrected chi connectivity index (χ3v) is 20.1. The molecule has 11 rings (SSSR count). The van der Waals surface area contributed by atoms with Gasteiger partial charge in [0.2, 0.25) is 0 Å². The van der Waals surface area contributed by atoms with Gasteiger partial charge in [0.1, 0.15) is 84.3 Å². The van der Waals surface area contributed by atoms with Crippen LogP contribution in [0.4, 0.5) is 11.6 Å². The highest BCUT2D eigenvalue weighted by atomic mass is 32.7. The number of hydrogen-bond donors (Lipinski definition) is 8. The molecular weight excluding hydrogens is 1230 g/mol. The SMILES string of the molecule is CCC[C@H]1O[C@@H](n2cnc3c2NC=NC3N)C[C@H]1OP(O)(=S)OC[C@H]1O[C@@H](n2cc(C)c(=O)[nH]c2=O)C[C@H]1OP(=O)(S)OC[C@H]1O[C@@H](n2cnc3c(N)ncnc32)C[C@H]1OP(O)(=S)OC[C@]12O[C@@H](n3cc(C)c(=O)[nH]c3=O)C(O[C@H]1C)[C@H]2OC. The molecule has 6 aliphatic heterocycles. The van der Waals surface area contributed by atoms with Crippen molar-refractivity contribution in [2.24, 2.45) is 10.7 Å². The number of nitrogens with one attached hydrogen (secondary N) is 3. The molecule has 5 unspecified atom stereocenters. The Kier molecular flexibility index (Phi) is 17.5. The summed E-state index contributed by atoms with van der Waals surface area (Å²) in [7, 11) is 1.42. The number of aryl methyl sites for hydroxylation is 2. The maximum atomic E-state index is 14.5. The molecule has 6 aliphatic rings. The lowest BCUT2D eigenvalue weighted by Crippen LogP contribution is -2.51. The van der Waals surface area contributed by atoms with Crippen molar-refractivity contribution in [2.45, 2.75) is 151 Å². The van der Waals surface area contributed by atoms with E-state index in [1.807, 2.05) is 6.92 Å². The van der Waals surface area contributed by atoms with Crippen molar-refractivity contribution < 1.29 is 69.9 Å². The maximum absolute atomic E-state index is 14.5. The van der Waals surface area contributed by atoms with Crippen LogP contribution in [0.3, 0.4) is 0 Å². The van der Waals surface area contributed by atoms with Crippen LogP contribution in [-0.2, 0) is 83.7 Å². The molecule has 0 aromatic carbocycles. The number of thiol groups is 1. The molecule has 0 amide bonds. The van der Waals surface area contributed by atoms with Crippen molar-refractivity contribution in [3.05, 3.63) is 89.9 Å². The van der Waals surface area contributed by atoms with Gasteiger partial charge < -0.3 is 73.1 Å². The van der Waals surface area contributed by atoms with Crippen molar-refractivity contribution in [1.29, 1.82) is 0 Å². The number of nitrogen functional groups attached to an aromatic ring is 1. The van der Waals surface area contributed by atoms with Gasteiger partial charge in [-0.2, -0.15) is 0 Å². The van der Waals surface area contributed by atoms with E-state index in [1.165, 1.54) is 56.9 Å². The molecule has 18 atom stereocenters. The van der Waals surface area contributed by atoms with Gasteiger partial charge in [-0.15, -0.1) is 0 Å².